The first kappa shape index (κ1) is 15.0. The summed E-state index contributed by atoms with van der Waals surface area (Å²) in [5.74, 6) is 0.496. The van der Waals surface area contributed by atoms with Crippen molar-refractivity contribution in [3.63, 3.8) is 0 Å². The molecule has 0 atom stereocenters. The van der Waals surface area contributed by atoms with Crippen LogP contribution in [0.3, 0.4) is 0 Å². The maximum atomic E-state index is 11.4. The fourth-order valence-electron chi connectivity index (χ4n) is 1.72. The van der Waals surface area contributed by atoms with Crippen molar-refractivity contribution in [1.82, 2.24) is 4.98 Å². The molecule has 0 unspecified atom stereocenters. The Bertz CT molecular complexity index is 612. The van der Waals surface area contributed by atoms with Gasteiger partial charge in [0.15, 0.2) is 0 Å². The van der Waals surface area contributed by atoms with Crippen LogP contribution < -0.4 is 4.74 Å². The Hall–Kier alpha value is -1.40. The van der Waals surface area contributed by atoms with E-state index in [0.29, 0.717) is 12.3 Å². The van der Waals surface area contributed by atoms with Gasteiger partial charge in [-0.15, -0.1) is 11.3 Å². The molecule has 0 fully saturated rings. The largest absolute Gasteiger partial charge is 0.496 e. The number of aromatic nitrogens is 1. The molecule has 1 aromatic carbocycles. The van der Waals surface area contributed by atoms with Crippen molar-refractivity contribution < 1.29 is 14.3 Å². The molecular formula is C14H14BrNO3S. The molecule has 2 aromatic rings. The average Bonchev–Trinajstić information content (AvgIpc) is 2.87. The van der Waals surface area contributed by atoms with Crippen LogP contribution in [0, 0.1) is 0 Å². The van der Waals surface area contributed by atoms with E-state index in [0.717, 1.165) is 20.8 Å². The van der Waals surface area contributed by atoms with Crippen LogP contribution in [0.2, 0.25) is 0 Å². The number of halogens is 1. The van der Waals surface area contributed by atoms with Crippen molar-refractivity contribution in [2.75, 3.05) is 13.7 Å². The molecule has 0 aliphatic heterocycles. The van der Waals surface area contributed by atoms with Crippen LogP contribution in [-0.4, -0.2) is 24.7 Å². The zero-order valence-corrected chi connectivity index (χ0v) is 13.6. The van der Waals surface area contributed by atoms with Gasteiger partial charge in [-0.05, 0) is 25.1 Å². The first-order valence-electron chi connectivity index (χ1n) is 6.08. The molecule has 0 aliphatic carbocycles. The Balaban J connectivity index is 2.24. The number of rotatable bonds is 5. The minimum atomic E-state index is -0.259. The van der Waals surface area contributed by atoms with Gasteiger partial charge in [0.2, 0.25) is 0 Å². The van der Waals surface area contributed by atoms with E-state index >= 15 is 0 Å². The summed E-state index contributed by atoms with van der Waals surface area (Å²) in [6.45, 7) is 2.17. The summed E-state index contributed by atoms with van der Waals surface area (Å²) in [6.07, 6.45) is 0.195. The van der Waals surface area contributed by atoms with Crippen molar-refractivity contribution in [2.24, 2.45) is 0 Å². The van der Waals surface area contributed by atoms with Crippen LogP contribution in [0.25, 0.3) is 10.6 Å². The standard InChI is InChI=1S/C14H14BrNO3S/c1-3-19-13(17)7-10-8-20-14(16-10)11-6-9(15)4-5-12(11)18-2/h4-6,8H,3,7H2,1-2H3. The van der Waals surface area contributed by atoms with E-state index in [1.807, 2.05) is 23.6 Å². The summed E-state index contributed by atoms with van der Waals surface area (Å²) < 4.78 is 11.2. The van der Waals surface area contributed by atoms with Gasteiger partial charge in [-0.2, -0.15) is 0 Å². The zero-order chi connectivity index (χ0) is 14.5. The first-order valence-corrected chi connectivity index (χ1v) is 7.75. The number of hydrogen-bond donors (Lipinski definition) is 0. The van der Waals surface area contributed by atoms with Crippen molar-refractivity contribution in [3.8, 4) is 16.3 Å². The maximum Gasteiger partial charge on any atom is 0.311 e. The molecule has 0 bridgehead atoms. The smallest absolute Gasteiger partial charge is 0.311 e. The third kappa shape index (κ3) is 3.58. The lowest BCUT2D eigenvalue weighted by atomic mass is 10.2. The van der Waals surface area contributed by atoms with Crippen molar-refractivity contribution in [2.45, 2.75) is 13.3 Å². The monoisotopic (exact) mass is 355 g/mol. The van der Waals surface area contributed by atoms with Crippen LogP contribution in [-0.2, 0) is 16.0 Å². The third-order valence-corrected chi connectivity index (χ3v) is 3.99. The highest BCUT2D eigenvalue weighted by Gasteiger charge is 2.13. The lowest BCUT2D eigenvalue weighted by Crippen LogP contribution is -2.07. The van der Waals surface area contributed by atoms with Crippen LogP contribution in [0.4, 0.5) is 0 Å². The van der Waals surface area contributed by atoms with Gasteiger partial charge >= 0.3 is 5.97 Å². The van der Waals surface area contributed by atoms with Gasteiger partial charge in [0.05, 0.1) is 31.4 Å². The van der Waals surface area contributed by atoms with Crippen LogP contribution >= 0.6 is 27.3 Å². The Labute approximate surface area is 129 Å². The van der Waals surface area contributed by atoms with E-state index in [1.54, 1.807) is 14.0 Å². The molecule has 106 valence electrons. The van der Waals surface area contributed by atoms with Gasteiger partial charge in [0.25, 0.3) is 0 Å². The quantitative estimate of drug-likeness (QED) is 0.767. The molecule has 0 spiro atoms. The number of hydrogen-bond acceptors (Lipinski definition) is 5. The molecule has 1 aromatic heterocycles. The number of benzene rings is 1. The Morgan fingerprint density at radius 3 is 2.95 bits per heavy atom. The Morgan fingerprint density at radius 1 is 1.45 bits per heavy atom. The average molecular weight is 356 g/mol. The molecule has 0 aliphatic rings. The molecule has 2 rings (SSSR count). The summed E-state index contributed by atoms with van der Waals surface area (Å²) >= 11 is 4.92. The van der Waals surface area contributed by atoms with Gasteiger partial charge < -0.3 is 9.47 Å². The lowest BCUT2D eigenvalue weighted by Gasteiger charge is -2.06. The SMILES string of the molecule is CCOC(=O)Cc1csc(-c2cc(Br)ccc2OC)n1. The summed E-state index contributed by atoms with van der Waals surface area (Å²) in [7, 11) is 1.62. The highest BCUT2D eigenvalue weighted by Crippen LogP contribution is 2.34. The molecule has 0 amide bonds. The molecule has 4 nitrogen and oxygen atoms in total. The normalized spacial score (nSPS) is 10.3. The third-order valence-electron chi connectivity index (χ3n) is 2.57. The molecule has 0 N–H and O–H groups in total. The topological polar surface area (TPSA) is 48.4 Å². The molecular weight excluding hydrogens is 342 g/mol. The lowest BCUT2D eigenvalue weighted by molar-refractivity contribution is -0.142. The van der Waals surface area contributed by atoms with Crippen LogP contribution in [0.5, 0.6) is 5.75 Å². The highest BCUT2D eigenvalue weighted by atomic mass is 79.9. The number of thiazole rings is 1. The Morgan fingerprint density at radius 2 is 2.25 bits per heavy atom. The minimum Gasteiger partial charge on any atom is -0.496 e. The fraction of sp³-hybridized carbons (Fsp3) is 0.286. The zero-order valence-electron chi connectivity index (χ0n) is 11.2. The van der Waals surface area contributed by atoms with E-state index < -0.39 is 0 Å². The van der Waals surface area contributed by atoms with E-state index in [4.69, 9.17) is 9.47 Å². The molecule has 0 saturated heterocycles. The second kappa shape index (κ2) is 6.85. The summed E-state index contributed by atoms with van der Waals surface area (Å²) in [4.78, 5) is 15.9. The number of esters is 1. The first-order chi connectivity index (χ1) is 9.63. The molecule has 1 heterocycles. The number of nitrogens with zero attached hydrogens (tertiary/aromatic N) is 1. The number of carbonyl (C=O) groups is 1. The van der Waals surface area contributed by atoms with Gasteiger partial charge in [-0.1, -0.05) is 15.9 Å². The number of methoxy groups -OCH3 is 1. The molecule has 6 heteroatoms. The summed E-state index contributed by atoms with van der Waals surface area (Å²) in [5.41, 5.74) is 1.62. The van der Waals surface area contributed by atoms with Gasteiger partial charge in [0, 0.05) is 9.85 Å². The molecule has 0 radical (unpaired) electrons. The maximum absolute atomic E-state index is 11.4. The van der Waals surface area contributed by atoms with Crippen molar-refractivity contribution in [1.29, 1.82) is 0 Å². The molecule has 20 heavy (non-hydrogen) atoms. The van der Waals surface area contributed by atoms with Crippen molar-refractivity contribution >= 4 is 33.2 Å². The molecule has 0 saturated carbocycles. The minimum absolute atomic E-state index is 0.195. The predicted octanol–water partition coefficient (Wildman–Crippen LogP) is 3.69. The number of carbonyl (C=O) groups excluding carboxylic acids is 1. The van der Waals surface area contributed by atoms with E-state index in [9.17, 15) is 4.79 Å². The van der Waals surface area contributed by atoms with Crippen molar-refractivity contribution in [3.05, 3.63) is 33.7 Å². The van der Waals surface area contributed by atoms with Crippen LogP contribution in [0.1, 0.15) is 12.6 Å². The van der Waals surface area contributed by atoms with Gasteiger partial charge in [-0.3, -0.25) is 4.79 Å². The predicted molar refractivity (Wildman–Crippen MR) is 82.1 cm³/mol. The number of ether oxygens (including phenoxy) is 2. The van der Waals surface area contributed by atoms with E-state index in [2.05, 4.69) is 20.9 Å². The van der Waals surface area contributed by atoms with Gasteiger partial charge in [-0.25, -0.2) is 4.98 Å². The van der Waals surface area contributed by atoms with Crippen LogP contribution in [0.15, 0.2) is 28.1 Å². The van der Waals surface area contributed by atoms with E-state index in [-0.39, 0.29) is 12.4 Å². The van der Waals surface area contributed by atoms with E-state index in [1.165, 1.54) is 11.3 Å². The fourth-order valence-corrected chi connectivity index (χ4v) is 2.92. The van der Waals surface area contributed by atoms with Gasteiger partial charge in [0.1, 0.15) is 10.8 Å². The summed E-state index contributed by atoms with van der Waals surface area (Å²) in [6, 6.07) is 5.74. The second-order valence-corrected chi connectivity index (χ2v) is 5.74. The summed E-state index contributed by atoms with van der Waals surface area (Å²) in [5, 5.41) is 2.69. The highest BCUT2D eigenvalue weighted by molar-refractivity contribution is 9.10. The Kier molecular flexibility index (Phi) is 5.14. The second-order valence-electron chi connectivity index (χ2n) is 3.97.